The first kappa shape index (κ1) is 8.48. The standard InChI is InChI=1S/C7H7FN2O2/c8-4-1-2-5(7(11)12)6(3-4)10-9/h1-3,10H,9H2,(H,11,12). The molecule has 0 spiro atoms. The van der Waals surface area contributed by atoms with Crippen LogP contribution in [0.1, 0.15) is 10.4 Å². The zero-order valence-electron chi connectivity index (χ0n) is 6.04. The number of rotatable bonds is 2. The molecule has 0 aliphatic carbocycles. The maximum absolute atomic E-state index is 12.5. The Morgan fingerprint density at radius 1 is 1.58 bits per heavy atom. The van der Waals surface area contributed by atoms with Crippen LogP contribution in [0.5, 0.6) is 0 Å². The lowest BCUT2D eigenvalue weighted by atomic mass is 10.2. The Kier molecular flexibility index (Phi) is 2.25. The van der Waals surface area contributed by atoms with Crippen LogP contribution in [0.3, 0.4) is 0 Å². The molecule has 5 heteroatoms. The van der Waals surface area contributed by atoms with Crippen molar-refractivity contribution in [2.45, 2.75) is 0 Å². The van der Waals surface area contributed by atoms with Crippen LogP contribution in [0, 0.1) is 5.82 Å². The normalized spacial score (nSPS) is 9.50. The molecule has 0 amide bonds. The van der Waals surface area contributed by atoms with Crippen molar-refractivity contribution in [1.29, 1.82) is 0 Å². The SMILES string of the molecule is NNc1cc(F)ccc1C(=O)O. The van der Waals surface area contributed by atoms with Crippen LogP contribution in [-0.4, -0.2) is 11.1 Å². The predicted octanol–water partition coefficient (Wildman–Crippen LogP) is 0.810. The topological polar surface area (TPSA) is 75.3 Å². The van der Waals surface area contributed by atoms with Crippen LogP contribution < -0.4 is 11.3 Å². The van der Waals surface area contributed by atoms with Crippen molar-refractivity contribution in [2.24, 2.45) is 5.84 Å². The number of halogens is 1. The Morgan fingerprint density at radius 2 is 2.25 bits per heavy atom. The van der Waals surface area contributed by atoms with Crippen LogP contribution in [0.25, 0.3) is 0 Å². The third-order valence-corrected chi connectivity index (χ3v) is 1.37. The van der Waals surface area contributed by atoms with Gasteiger partial charge < -0.3 is 10.5 Å². The summed E-state index contributed by atoms with van der Waals surface area (Å²) in [6.07, 6.45) is 0. The van der Waals surface area contributed by atoms with E-state index >= 15 is 0 Å². The Hall–Kier alpha value is -1.62. The molecule has 0 aliphatic heterocycles. The van der Waals surface area contributed by atoms with Crippen LogP contribution in [0.4, 0.5) is 10.1 Å². The molecular weight excluding hydrogens is 163 g/mol. The van der Waals surface area contributed by atoms with Crippen molar-refractivity contribution in [2.75, 3.05) is 5.43 Å². The van der Waals surface area contributed by atoms with Crippen molar-refractivity contribution < 1.29 is 14.3 Å². The quantitative estimate of drug-likeness (QED) is 0.453. The Labute approximate surface area is 67.8 Å². The van der Waals surface area contributed by atoms with E-state index < -0.39 is 11.8 Å². The molecule has 12 heavy (non-hydrogen) atoms. The second-order valence-corrected chi connectivity index (χ2v) is 2.14. The summed E-state index contributed by atoms with van der Waals surface area (Å²) in [7, 11) is 0. The lowest BCUT2D eigenvalue weighted by molar-refractivity contribution is 0.0698. The van der Waals surface area contributed by atoms with Crippen molar-refractivity contribution in [3.05, 3.63) is 29.6 Å². The highest BCUT2D eigenvalue weighted by Crippen LogP contribution is 2.15. The van der Waals surface area contributed by atoms with Crippen molar-refractivity contribution in [1.82, 2.24) is 0 Å². The summed E-state index contributed by atoms with van der Waals surface area (Å²) < 4.78 is 12.5. The van der Waals surface area contributed by atoms with E-state index in [0.717, 1.165) is 18.2 Å². The number of carboxylic acid groups (broad SMARTS) is 1. The number of carboxylic acids is 1. The molecule has 0 saturated carbocycles. The minimum Gasteiger partial charge on any atom is -0.478 e. The molecule has 4 N–H and O–H groups in total. The molecule has 64 valence electrons. The molecule has 0 heterocycles. The second-order valence-electron chi connectivity index (χ2n) is 2.14. The molecule has 0 bridgehead atoms. The van der Waals surface area contributed by atoms with E-state index in [1.165, 1.54) is 0 Å². The number of hydrogen-bond acceptors (Lipinski definition) is 3. The van der Waals surface area contributed by atoms with Crippen LogP contribution in [0.2, 0.25) is 0 Å². The van der Waals surface area contributed by atoms with Gasteiger partial charge >= 0.3 is 5.97 Å². The number of nitrogens with one attached hydrogen (secondary N) is 1. The van der Waals surface area contributed by atoms with Gasteiger partial charge in [0.1, 0.15) is 5.82 Å². The Bertz CT molecular complexity index is 314. The smallest absolute Gasteiger partial charge is 0.337 e. The van der Waals surface area contributed by atoms with Crippen molar-refractivity contribution in [3.8, 4) is 0 Å². The third kappa shape index (κ3) is 1.51. The van der Waals surface area contributed by atoms with Crippen molar-refractivity contribution >= 4 is 11.7 Å². The predicted molar refractivity (Wildman–Crippen MR) is 41.2 cm³/mol. The molecule has 4 nitrogen and oxygen atoms in total. The molecule has 0 radical (unpaired) electrons. The summed E-state index contributed by atoms with van der Waals surface area (Å²) in [5.41, 5.74) is 2.10. The molecule has 0 atom stereocenters. The molecule has 0 saturated heterocycles. The number of carbonyl (C=O) groups is 1. The van der Waals surface area contributed by atoms with Gasteiger partial charge in [-0.05, 0) is 18.2 Å². The highest BCUT2D eigenvalue weighted by Gasteiger charge is 2.08. The summed E-state index contributed by atoms with van der Waals surface area (Å²) in [5.74, 6) is 3.29. The summed E-state index contributed by atoms with van der Waals surface area (Å²) in [6.45, 7) is 0. The van der Waals surface area contributed by atoms with E-state index in [4.69, 9.17) is 10.9 Å². The number of aromatic carboxylic acids is 1. The molecule has 1 rings (SSSR count). The molecule has 0 aromatic heterocycles. The van der Waals surface area contributed by atoms with E-state index in [1.54, 1.807) is 0 Å². The number of benzene rings is 1. The number of nitrogen functional groups attached to an aromatic ring is 1. The van der Waals surface area contributed by atoms with E-state index in [9.17, 15) is 9.18 Å². The third-order valence-electron chi connectivity index (χ3n) is 1.37. The van der Waals surface area contributed by atoms with Gasteiger partial charge in [0.25, 0.3) is 0 Å². The molecule has 1 aromatic carbocycles. The fourth-order valence-electron chi connectivity index (χ4n) is 0.822. The monoisotopic (exact) mass is 170 g/mol. The Morgan fingerprint density at radius 3 is 2.75 bits per heavy atom. The highest BCUT2D eigenvalue weighted by molar-refractivity contribution is 5.94. The average molecular weight is 170 g/mol. The first-order chi connectivity index (χ1) is 5.65. The maximum atomic E-state index is 12.5. The van der Waals surface area contributed by atoms with Crippen LogP contribution >= 0.6 is 0 Å². The number of anilines is 1. The first-order valence-corrected chi connectivity index (χ1v) is 3.14. The Balaban J connectivity index is 3.20. The van der Waals surface area contributed by atoms with Gasteiger partial charge in [-0.3, -0.25) is 5.84 Å². The lowest BCUT2D eigenvalue weighted by Gasteiger charge is -2.03. The fourth-order valence-corrected chi connectivity index (χ4v) is 0.822. The van der Waals surface area contributed by atoms with Gasteiger partial charge in [0.05, 0.1) is 11.3 Å². The van der Waals surface area contributed by atoms with Gasteiger partial charge in [0.15, 0.2) is 0 Å². The minimum atomic E-state index is -1.15. The van der Waals surface area contributed by atoms with Gasteiger partial charge in [-0.1, -0.05) is 0 Å². The lowest BCUT2D eigenvalue weighted by Crippen LogP contribution is -2.12. The molecule has 0 aliphatic rings. The van der Waals surface area contributed by atoms with Gasteiger partial charge in [0, 0.05) is 0 Å². The first-order valence-electron chi connectivity index (χ1n) is 3.14. The fraction of sp³-hybridized carbons (Fsp3) is 0. The summed E-state index contributed by atoms with van der Waals surface area (Å²) in [5, 5.41) is 8.57. The maximum Gasteiger partial charge on any atom is 0.337 e. The van der Waals surface area contributed by atoms with E-state index in [2.05, 4.69) is 5.43 Å². The van der Waals surface area contributed by atoms with Crippen LogP contribution in [0.15, 0.2) is 18.2 Å². The summed E-state index contributed by atoms with van der Waals surface area (Å²) >= 11 is 0. The van der Waals surface area contributed by atoms with Gasteiger partial charge in [-0.15, -0.1) is 0 Å². The van der Waals surface area contributed by atoms with Gasteiger partial charge in [0.2, 0.25) is 0 Å². The minimum absolute atomic E-state index is 0.0566. The van der Waals surface area contributed by atoms with Gasteiger partial charge in [-0.2, -0.15) is 0 Å². The number of hydrazine groups is 1. The van der Waals surface area contributed by atoms with E-state index in [0.29, 0.717) is 0 Å². The van der Waals surface area contributed by atoms with Crippen LogP contribution in [-0.2, 0) is 0 Å². The zero-order chi connectivity index (χ0) is 9.14. The summed E-state index contributed by atoms with van der Waals surface area (Å²) in [4.78, 5) is 10.5. The van der Waals surface area contributed by atoms with E-state index in [1.807, 2.05) is 0 Å². The average Bonchev–Trinajstić information content (AvgIpc) is 2.03. The van der Waals surface area contributed by atoms with Crippen molar-refractivity contribution in [3.63, 3.8) is 0 Å². The largest absolute Gasteiger partial charge is 0.478 e. The molecule has 0 unspecified atom stereocenters. The molecular formula is C7H7FN2O2. The molecule has 0 fully saturated rings. The molecule has 1 aromatic rings. The highest BCUT2D eigenvalue weighted by atomic mass is 19.1. The number of nitrogens with two attached hydrogens (primary N) is 1. The zero-order valence-corrected chi connectivity index (χ0v) is 6.04. The van der Waals surface area contributed by atoms with E-state index in [-0.39, 0.29) is 11.3 Å². The summed E-state index contributed by atoms with van der Waals surface area (Å²) in [6, 6.07) is 3.22. The second kappa shape index (κ2) is 3.19. The van der Waals surface area contributed by atoms with Gasteiger partial charge in [-0.25, -0.2) is 9.18 Å². The number of hydrogen-bond donors (Lipinski definition) is 3.